The molecule has 1 saturated heterocycles. The fraction of sp³-hybridized carbons (Fsp3) is 0.588. The molecule has 0 unspecified atom stereocenters. The Hall–Kier alpha value is -2.96. The molecule has 0 aromatic carbocycles. The number of Topliss-reactive ketones (excluding diaryl/α,β-unsaturated/α-hetero) is 1. The zero-order valence-corrected chi connectivity index (χ0v) is 15.8. The number of esters is 1. The van der Waals surface area contributed by atoms with Crippen LogP contribution in [0.2, 0.25) is 0 Å². The summed E-state index contributed by atoms with van der Waals surface area (Å²) in [5, 5.41) is 0. The molecule has 1 aliphatic carbocycles. The molecule has 162 valence electrons. The van der Waals surface area contributed by atoms with Crippen LogP contribution < -0.4 is 11.4 Å². The second-order valence-corrected chi connectivity index (χ2v) is 7.40. The first kappa shape index (κ1) is 20.3. The van der Waals surface area contributed by atoms with Gasteiger partial charge >= 0.3 is 17.8 Å². The molecule has 13 heteroatoms. The van der Waals surface area contributed by atoms with Gasteiger partial charge in [0, 0.05) is 19.9 Å². The number of anilines is 1. The minimum Gasteiger partial charge on any atom is -0.458 e. The van der Waals surface area contributed by atoms with Crippen molar-refractivity contribution in [1.29, 1.82) is 0 Å². The van der Waals surface area contributed by atoms with E-state index in [2.05, 4.69) is 9.97 Å². The van der Waals surface area contributed by atoms with Gasteiger partial charge in [0.15, 0.2) is 11.9 Å². The largest absolute Gasteiger partial charge is 0.458 e. The first-order valence-corrected chi connectivity index (χ1v) is 9.23. The zero-order chi connectivity index (χ0) is 21.8. The Labute approximate surface area is 166 Å². The number of fused-ring (bicyclic) bond motifs is 1. The third-order valence-corrected chi connectivity index (χ3v) is 5.07. The zero-order valence-electron chi connectivity index (χ0n) is 15.8. The van der Waals surface area contributed by atoms with Gasteiger partial charge in [-0.3, -0.25) is 14.2 Å². The Bertz CT molecular complexity index is 1070. The Morgan fingerprint density at radius 1 is 1.37 bits per heavy atom. The number of alkyl halides is 3. The summed E-state index contributed by atoms with van der Waals surface area (Å²) in [7, 11) is 0. The summed E-state index contributed by atoms with van der Waals surface area (Å²) in [5.74, 6) is -2.79. The van der Waals surface area contributed by atoms with Gasteiger partial charge in [-0.1, -0.05) is 0 Å². The SMILES string of the molecule is CC(=O)O[C@@H]1C[C@@H](C(=O)C(F)(F)F)O[C@H]1n1c(=O)n(CC2CC2)c2cnc(N)nc21. The molecule has 0 bridgehead atoms. The lowest BCUT2D eigenvalue weighted by Gasteiger charge is -2.19. The third-order valence-electron chi connectivity index (χ3n) is 5.07. The van der Waals surface area contributed by atoms with Crippen LogP contribution in [0, 0.1) is 5.92 Å². The molecule has 3 heterocycles. The highest BCUT2D eigenvalue weighted by Gasteiger charge is 2.52. The maximum absolute atomic E-state index is 13.1. The number of nitrogens with zero attached hydrogens (tertiary/aromatic N) is 4. The Morgan fingerprint density at radius 3 is 2.67 bits per heavy atom. The molecule has 1 aliphatic heterocycles. The molecule has 4 rings (SSSR count). The first-order chi connectivity index (χ1) is 14.1. The number of carbonyl (C=O) groups excluding carboxylic acids is 2. The van der Waals surface area contributed by atoms with Crippen molar-refractivity contribution >= 4 is 28.9 Å². The van der Waals surface area contributed by atoms with Gasteiger partial charge in [0.1, 0.15) is 17.7 Å². The average Bonchev–Trinajstić information content (AvgIpc) is 3.32. The van der Waals surface area contributed by atoms with E-state index in [-0.39, 0.29) is 17.5 Å². The number of nitrogens with two attached hydrogens (primary N) is 1. The normalized spacial score (nSPS) is 24.3. The molecular formula is C17H18F3N5O5. The second kappa shape index (κ2) is 7.07. The molecule has 2 aromatic rings. The molecule has 0 amide bonds. The van der Waals surface area contributed by atoms with E-state index in [9.17, 15) is 27.6 Å². The van der Waals surface area contributed by atoms with Crippen LogP contribution in [0.1, 0.15) is 32.4 Å². The maximum Gasteiger partial charge on any atom is 0.452 e. The van der Waals surface area contributed by atoms with E-state index < -0.39 is 48.5 Å². The fourth-order valence-corrected chi connectivity index (χ4v) is 3.57. The predicted molar refractivity (Wildman–Crippen MR) is 94.1 cm³/mol. The monoisotopic (exact) mass is 429 g/mol. The maximum atomic E-state index is 13.1. The Balaban J connectivity index is 1.81. The summed E-state index contributed by atoms with van der Waals surface area (Å²) in [5.41, 5.74) is 5.35. The number of ether oxygens (including phenoxy) is 2. The number of nitrogen functional groups attached to an aromatic ring is 1. The van der Waals surface area contributed by atoms with Crippen molar-refractivity contribution < 1.29 is 32.2 Å². The summed E-state index contributed by atoms with van der Waals surface area (Å²) < 4.78 is 51.5. The lowest BCUT2D eigenvalue weighted by molar-refractivity contribution is -0.183. The highest BCUT2D eigenvalue weighted by molar-refractivity contribution is 5.88. The van der Waals surface area contributed by atoms with Gasteiger partial charge in [0.25, 0.3) is 5.78 Å². The van der Waals surface area contributed by atoms with E-state index in [0.717, 1.165) is 24.3 Å². The van der Waals surface area contributed by atoms with Crippen molar-refractivity contribution in [2.75, 3.05) is 5.73 Å². The molecule has 1 saturated carbocycles. The van der Waals surface area contributed by atoms with Gasteiger partial charge in [-0.05, 0) is 18.8 Å². The van der Waals surface area contributed by atoms with Crippen LogP contribution in [0.5, 0.6) is 0 Å². The van der Waals surface area contributed by atoms with Gasteiger partial charge in [-0.2, -0.15) is 18.2 Å². The fourth-order valence-electron chi connectivity index (χ4n) is 3.57. The number of hydrogen-bond acceptors (Lipinski definition) is 8. The summed E-state index contributed by atoms with van der Waals surface area (Å²) in [6.45, 7) is 1.43. The minimum absolute atomic E-state index is 0.0235. The van der Waals surface area contributed by atoms with E-state index >= 15 is 0 Å². The van der Waals surface area contributed by atoms with Crippen molar-refractivity contribution in [2.45, 2.75) is 57.3 Å². The lowest BCUT2D eigenvalue weighted by atomic mass is 10.1. The van der Waals surface area contributed by atoms with Gasteiger partial charge in [0.05, 0.1) is 6.20 Å². The number of aromatic nitrogens is 4. The van der Waals surface area contributed by atoms with Crippen molar-refractivity contribution in [3.8, 4) is 0 Å². The molecule has 0 spiro atoms. The molecule has 2 N–H and O–H groups in total. The summed E-state index contributed by atoms with van der Waals surface area (Å²) in [6.07, 6.45) is -7.18. The van der Waals surface area contributed by atoms with E-state index in [1.807, 2.05) is 0 Å². The van der Waals surface area contributed by atoms with E-state index in [1.165, 1.54) is 10.8 Å². The molecule has 2 fully saturated rings. The van der Waals surface area contributed by atoms with E-state index in [4.69, 9.17) is 15.2 Å². The standard InChI is InChI=1S/C17H18F3N5O5/c1-7(26)29-11-4-10(12(27)17(18,19)20)30-14(11)25-13-9(5-22-15(21)23-13)24(16(25)28)6-8-2-3-8/h5,8,10-11,14H,2-4,6H2,1H3,(H2,21,22,23)/t10-,11+,14+/m0/s1. The molecule has 30 heavy (non-hydrogen) atoms. The smallest absolute Gasteiger partial charge is 0.452 e. The Morgan fingerprint density at radius 2 is 2.07 bits per heavy atom. The van der Waals surface area contributed by atoms with Crippen molar-refractivity contribution in [3.05, 3.63) is 16.7 Å². The summed E-state index contributed by atoms with van der Waals surface area (Å²) in [4.78, 5) is 44.3. The van der Waals surface area contributed by atoms with Crippen molar-refractivity contribution in [1.82, 2.24) is 19.1 Å². The van der Waals surface area contributed by atoms with Crippen molar-refractivity contribution in [3.63, 3.8) is 0 Å². The van der Waals surface area contributed by atoms with Gasteiger partial charge in [0.2, 0.25) is 5.95 Å². The number of hydrogen-bond donors (Lipinski definition) is 1. The third kappa shape index (κ3) is 3.64. The first-order valence-electron chi connectivity index (χ1n) is 9.23. The van der Waals surface area contributed by atoms with Crippen LogP contribution in [-0.4, -0.2) is 49.2 Å². The van der Waals surface area contributed by atoms with E-state index in [0.29, 0.717) is 12.1 Å². The van der Waals surface area contributed by atoms with Gasteiger partial charge in [-0.25, -0.2) is 14.3 Å². The molecule has 2 aliphatic rings. The highest BCUT2D eigenvalue weighted by atomic mass is 19.4. The number of rotatable bonds is 5. The average molecular weight is 429 g/mol. The van der Waals surface area contributed by atoms with Crippen LogP contribution in [-0.2, 0) is 25.6 Å². The van der Waals surface area contributed by atoms with Gasteiger partial charge < -0.3 is 15.2 Å². The number of carbonyl (C=O) groups is 2. The summed E-state index contributed by atoms with van der Waals surface area (Å²) >= 11 is 0. The molecule has 10 nitrogen and oxygen atoms in total. The van der Waals surface area contributed by atoms with Crippen molar-refractivity contribution in [2.24, 2.45) is 5.92 Å². The van der Waals surface area contributed by atoms with Crippen LogP contribution in [0.4, 0.5) is 19.1 Å². The van der Waals surface area contributed by atoms with Crippen LogP contribution in [0.15, 0.2) is 11.0 Å². The van der Waals surface area contributed by atoms with Crippen LogP contribution in [0.3, 0.4) is 0 Å². The highest BCUT2D eigenvalue weighted by Crippen LogP contribution is 2.36. The number of halogens is 3. The van der Waals surface area contributed by atoms with E-state index in [1.54, 1.807) is 0 Å². The lowest BCUT2D eigenvalue weighted by Crippen LogP contribution is -2.35. The number of imidazole rings is 1. The van der Waals surface area contributed by atoms with Gasteiger partial charge in [-0.15, -0.1) is 0 Å². The minimum atomic E-state index is -5.14. The predicted octanol–water partition coefficient (Wildman–Crippen LogP) is 0.936. The quantitative estimate of drug-likeness (QED) is 0.695. The Kier molecular flexibility index (Phi) is 4.79. The van der Waals surface area contributed by atoms with Crippen LogP contribution in [0.25, 0.3) is 11.2 Å². The van der Waals surface area contributed by atoms with Crippen LogP contribution >= 0.6 is 0 Å². The number of ketones is 1. The molecule has 0 radical (unpaired) electrons. The molecular weight excluding hydrogens is 411 g/mol. The second-order valence-electron chi connectivity index (χ2n) is 7.40. The molecule has 3 atom stereocenters. The summed E-state index contributed by atoms with van der Waals surface area (Å²) in [6, 6.07) is 0. The topological polar surface area (TPSA) is 131 Å². The molecule has 2 aromatic heterocycles.